The molecule has 0 aliphatic heterocycles. The molecule has 0 rings (SSSR count). The summed E-state index contributed by atoms with van der Waals surface area (Å²) in [7, 11) is 1.28. The van der Waals surface area contributed by atoms with Crippen LogP contribution in [0.5, 0.6) is 0 Å². The molecule has 3 atom stereocenters. The fourth-order valence-corrected chi connectivity index (χ4v) is 2.45. The van der Waals surface area contributed by atoms with Gasteiger partial charge in [0.05, 0.1) is 13.2 Å². The van der Waals surface area contributed by atoms with Crippen molar-refractivity contribution in [1.29, 1.82) is 0 Å². The summed E-state index contributed by atoms with van der Waals surface area (Å²) in [5, 5.41) is 5.36. The van der Waals surface area contributed by atoms with Gasteiger partial charge in [-0.25, -0.2) is 4.79 Å². The Labute approximate surface area is 148 Å². The molecular weight excluding hydrogens is 330 g/mol. The van der Waals surface area contributed by atoms with Crippen LogP contribution in [0.1, 0.15) is 34.1 Å². The van der Waals surface area contributed by atoms with Gasteiger partial charge in [0.25, 0.3) is 0 Å². The molecule has 0 bridgehead atoms. The molecule has 8 heteroatoms. The van der Waals surface area contributed by atoms with E-state index in [2.05, 4.69) is 10.6 Å². The van der Waals surface area contributed by atoms with Crippen molar-refractivity contribution in [1.82, 2.24) is 10.6 Å². The van der Waals surface area contributed by atoms with Crippen LogP contribution in [0.3, 0.4) is 0 Å². The van der Waals surface area contributed by atoms with E-state index in [1.54, 1.807) is 11.8 Å². The Hall–Kier alpha value is -1.28. The third kappa shape index (κ3) is 7.53. The lowest BCUT2D eigenvalue weighted by atomic mass is 10.00. The van der Waals surface area contributed by atoms with Crippen molar-refractivity contribution in [3.63, 3.8) is 0 Å². The number of nitrogens with one attached hydrogen (secondary N) is 2. The minimum Gasteiger partial charge on any atom is -0.467 e. The molecule has 24 heavy (non-hydrogen) atoms. The van der Waals surface area contributed by atoms with Crippen molar-refractivity contribution >= 4 is 29.5 Å². The third-order valence-corrected chi connectivity index (χ3v) is 4.32. The van der Waals surface area contributed by atoms with E-state index in [-0.39, 0.29) is 17.7 Å². The summed E-state index contributed by atoms with van der Waals surface area (Å²) >= 11 is 1.57. The molecule has 0 radical (unpaired) electrons. The molecule has 0 aliphatic rings. The van der Waals surface area contributed by atoms with Crippen molar-refractivity contribution in [2.75, 3.05) is 19.1 Å². The van der Waals surface area contributed by atoms with Crippen LogP contribution in [0.25, 0.3) is 0 Å². The molecule has 140 valence electrons. The molecule has 0 aromatic carbocycles. The normalized spacial score (nSPS) is 14.9. The quantitative estimate of drug-likeness (QED) is 0.489. The van der Waals surface area contributed by atoms with Crippen LogP contribution in [-0.2, 0) is 19.1 Å². The van der Waals surface area contributed by atoms with Gasteiger partial charge in [0.1, 0.15) is 12.1 Å². The summed E-state index contributed by atoms with van der Waals surface area (Å²) < 4.78 is 4.73. The average Bonchev–Trinajstić information content (AvgIpc) is 2.53. The Morgan fingerprint density at radius 2 is 1.62 bits per heavy atom. The van der Waals surface area contributed by atoms with Gasteiger partial charge in [-0.05, 0) is 30.3 Å². The van der Waals surface area contributed by atoms with Gasteiger partial charge in [-0.3, -0.25) is 9.59 Å². The average molecular weight is 362 g/mol. The van der Waals surface area contributed by atoms with Gasteiger partial charge >= 0.3 is 5.97 Å². The standard InChI is InChI=1S/C16H31N3O4S/c1-9(2)12(17)14(20)19-13(10(3)4)15(21)18-11(7-8-24-6)16(22)23-5/h9-13H,7-8,17H2,1-6H3,(H,18,21)(H,19,20)/t11-,12+,13+/m1/s1. The molecule has 0 heterocycles. The maximum absolute atomic E-state index is 12.5. The largest absolute Gasteiger partial charge is 0.467 e. The molecule has 7 nitrogen and oxygen atoms in total. The number of hydrogen-bond donors (Lipinski definition) is 3. The maximum Gasteiger partial charge on any atom is 0.328 e. The molecule has 0 aromatic heterocycles. The fourth-order valence-electron chi connectivity index (χ4n) is 1.98. The van der Waals surface area contributed by atoms with E-state index in [0.717, 1.165) is 0 Å². The summed E-state index contributed by atoms with van der Waals surface area (Å²) in [6, 6.07) is -2.18. The van der Waals surface area contributed by atoms with Crippen LogP contribution in [0, 0.1) is 11.8 Å². The Balaban J connectivity index is 5.00. The van der Waals surface area contributed by atoms with E-state index in [4.69, 9.17) is 10.5 Å². The summed E-state index contributed by atoms with van der Waals surface area (Å²) in [5.41, 5.74) is 5.82. The molecular formula is C16H31N3O4S. The van der Waals surface area contributed by atoms with E-state index >= 15 is 0 Å². The number of methoxy groups -OCH3 is 1. The fraction of sp³-hybridized carbons (Fsp3) is 0.812. The van der Waals surface area contributed by atoms with Crippen LogP contribution in [0.4, 0.5) is 0 Å². The lowest BCUT2D eigenvalue weighted by Gasteiger charge is -2.26. The molecule has 0 spiro atoms. The van der Waals surface area contributed by atoms with E-state index < -0.39 is 30.0 Å². The molecule has 0 aromatic rings. The van der Waals surface area contributed by atoms with Crippen LogP contribution >= 0.6 is 11.8 Å². The second kappa shape index (κ2) is 11.3. The van der Waals surface area contributed by atoms with Crippen molar-refractivity contribution in [3.8, 4) is 0 Å². The maximum atomic E-state index is 12.5. The zero-order valence-corrected chi connectivity index (χ0v) is 16.2. The zero-order valence-electron chi connectivity index (χ0n) is 15.4. The number of carbonyl (C=O) groups is 3. The lowest BCUT2D eigenvalue weighted by Crippen LogP contribution is -2.57. The van der Waals surface area contributed by atoms with E-state index in [9.17, 15) is 14.4 Å². The molecule has 0 fully saturated rings. The van der Waals surface area contributed by atoms with Gasteiger partial charge in [-0.1, -0.05) is 27.7 Å². The van der Waals surface area contributed by atoms with Gasteiger partial charge < -0.3 is 21.1 Å². The Kier molecular flexibility index (Phi) is 10.7. The predicted octanol–water partition coefficient (Wildman–Crippen LogP) is 0.521. The highest BCUT2D eigenvalue weighted by atomic mass is 32.2. The first-order valence-corrected chi connectivity index (χ1v) is 9.48. The number of esters is 1. The van der Waals surface area contributed by atoms with Crippen LogP contribution in [-0.4, -0.2) is 55.0 Å². The second-order valence-electron chi connectivity index (χ2n) is 6.37. The summed E-state index contributed by atoms with van der Waals surface area (Å²) in [6.45, 7) is 7.32. The number of hydrogen-bond acceptors (Lipinski definition) is 6. The van der Waals surface area contributed by atoms with Crippen molar-refractivity contribution in [2.45, 2.75) is 52.2 Å². The first-order valence-electron chi connectivity index (χ1n) is 8.08. The zero-order chi connectivity index (χ0) is 18.9. The van der Waals surface area contributed by atoms with Gasteiger partial charge in [-0.15, -0.1) is 0 Å². The summed E-state index contributed by atoms with van der Waals surface area (Å²) in [6.07, 6.45) is 2.38. The number of thioether (sulfide) groups is 1. The van der Waals surface area contributed by atoms with Crippen LogP contribution < -0.4 is 16.4 Å². The number of rotatable bonds is 10. The summed E-state index contributed by atoms with van der Waals surface area (Å²) in [4.78, 5) is 36.5. The highest BCUT2D eigenvalue weighted by Gasteiger charge is 2.30. The van der Waals surface area contributed by atoms with Gasteiger partial charge in [0.2, 0.25) is 11.8 Å². The first kappa shape index (κ1) is 22.7. The van der Waals surface area contributed by atoms with Crippen molar-refractivity contribution < 1.29 is 19.1 Å². The predicted molar refractivity (Wildman–Crippen MR) is 96.5 cm³/mol. The van der Waals surface area contributed by atoms with Crippen molar-refractivity contribution in [3.05, 3.63) is 0 Å². The molecule has 0 saturated heterocycles. The van der Waals surface area contributed by atoms with Gasteiger partial charge in [-0.2, -0.15) is 11.8 Å². The van der Waals surface area contributed by atoms with Gasteiger partial charge in [0, 0.05) is 0 Å². The molecule has 4 N–H and O–H groups in total. The van der Waals surface area contributed by atoms with Gasteiger partial charge in [0.15, 0.2) is 0 Å². The minimum absolute atomic E-state index is 0.0368. The number of carbonyl (C=O) groups excluding carboxylic acids is 3. The summed E-state index contributed by atoms with van der Waals surface area (Å²) in [5.74, 6) is -0.761. The molecule has 2 amide bonds. The lowest BCUT2D eigenvalue weighted by molar-refractivity contribution is -0.145. The smallest absolute Gasteiger partial charge is 0.328 e. The van der Waals surface area contributed by atoms with E-state index in [1.165, 1.54) is 7.11 Å². The van der Waals surface area contributed by atoms with Crippen molar-refractivity contribution in [2.24, 2.45) is 17.6 Å². The van der Waals surface area contributed by atoms with E-state index in [0.29, 0.717) is 12.2 Å². The highest BCUT2D eigenvalue weighted by Crippen LogP contribution is 2.08. The monoisotopic (exact) mass is 361 g/mol. The topological polar surface area (TPSA) is 111 Å². The molecule has 0 unspecified atom stereocenters. The molecule has 0 saturated carbocycles. The first-order chi connectivity index (χ1) is 11.1. The number of nitrogens with two attached hydrogens (primary N) is 1. The highest BCUT2D eigenvalue weighted by molar-refractivity contribution is 7.98. The Morgan fingerprint density at radius 3 is 2.04 bits per heavy atom. The van der Waals surface area contributed by atoms with Crippen LogP contribution in [0.15, 0.2) is 0 Å². The number of ether oxygens (including phenoxy) is 1. The van der Waals surface area contributed by atoms with Crippen LogP contribution in [0.2, 0.25) is 0 Å². The minimum atomic E-state index is -0.760. The Morgan fingerprint density at radius 1 is 1.04 bits per heavy atom. The Bertz CT molecular complexity index is 430. The molecule has 0 aliphatic carbocycles. The van der Waals surface area contributed by atoms with E-state index in [1.807, 2.05) is 34.0 Å². The SMILES string of the molecule is COC(=O)[C@@H](CCSC)NC(=O)[C@@H](NC(=O)[C@@H](N)C(C)C)C(C)C. The third-order valence-electron chi connectivity index (χ3n) is 3.68. The second-order valence-corrected chi connectivity index (χ2v) is 7.35. The number of amides is 2.